The van der Waals surface area contributed by atoms with Gasteiger partial charge >= 0.3 is 0 Å². The summed E-state index contributed by atoms with van der Waals surface area (Å²) in [6, 6.07) is -0.998. The van der Waals surface area contributed by atoms with Gasteiger partial charge in [0.25, 0.3) is 0 Å². The molecule has 19 nitrogen and oxygen atoms in total. The average Bonchev–Trinajstić information content (AvgIpc) is 3.57. The third kappa shape index (κ3) is 28.5. The van der Waals surface area contributed by atoms with Crippen molar-refractivity contribution in [2.45, 2.75) is 298 Å². The average molecular weight is 1160 g/mol. The van der Waals surface area contributed by atoms with E-state index in [4.69, 9.17) is 28.4 Å². The van der Waals surface area contributed by atoms with Crippen molar-refractivity contribution in [3.8, 4) is 0 Å². The fraction of sp³-hybridized carbons (Fsp3) is 0.823. The lowest BCUT2D eigenvalue weighted by atomic mass is 9.96. The summed E-state index contributed by atoms with van der Waals surface area (Å²) in [7, 11) is 0. The van der Waals surface area contributed by atoms with Crippen LogP contribution < -0.4 is 5.32 Å². The van der Waals surface area contributed by atoms with Crippen LogP contribution in [0.15, 0.2) is 60.8 Å². The van der Waals surface area contributed by atoms with Crippen LogP contribution in [-0.2, 0) is 33.2 Å². The predicted molar refractivity (Wildman–Crippen MR) is 309 cm³/mol. The van der Waals surface area contributed by atoms with Gasteiger partial charge in [0.15, 0.2) is 18.9 Å². The quantitative estimate of drug-likeness (QED) is 0.0244. The molecular weight excluding hydrogens is 1050 g/mol. The number of nitrogens with one attached hydrogen (secondary N) is 1. The fourth-order valence-electron chi connectivity index (χ4n) is 10.1. The first-order valence-electron chi connectivity index (χ1n) is 31.0. The number of ether oxygens (including phenoxy) is 6. The van der Waals surface area contributed by atoms with Crippen molar-refractivity contribution < 1.29 is 89.4 Å². The molecule has 0 aliphatic carbocycles. The van der Waals surface area contributed by atoms with Crippen molar-refractivity contribution in [2.75, 3.05) is 26.4 Å². The molecule has 0 saturated carbocycles. The first-order chi connectivity index (χ1) is 39.3. The Hall–Kier alpha value is -2.51. The summed E-state index contributed by atoms with van der Waals surface area (Å²) in [5.41, 5.74) is 0. The van der Waals surface area contributed by atoms with Crippen LogP contribution in [0.25, 0.3) is 0 Å². The lowest BCUT2D eigenvalue weighted by Gasteiger charge is -2.48. The van der Waals surface area contributed by atoms with Crippen LogP contribution in [0.4, 0.5) is 0 Å². The summed E-state index contributed by atoms with van der Waals surface area (Å²) in [4.78, 5) is 13.3. The molecule has 17 unspecified atom stereocenters. The molecule has 1 amide bonds. The van der Waals surface area contributed by atoms with Crippen molar-refractivity contribution >= 4 is 5.91 Å². The smallest absolute Gasteiger partial charge is 0.220 e. The summed E-state index contributed by atoms with van der Waals surface area (Å²) in [6.07, 6.45) is 24.9. The van der Waals surface area contributed by atoms with Gasteiger partial charge in [-0.05, 0) is 77.0 Å². The minimum Gasteiger partial charge on any atom is -0.394 e. The van der Waals surface area contributed by atoms with E-state index in [1.165, 1.54) is 96.3 Å². The fourth-order valence-corrected chi connectivity index (χ4v) is 10.1. The zero-order valence-corrected chi connectivity index (χ0v) is 49.0. The van der Waals surface area contributed by atoms with Gasteiger partial charge in [0.2, 0.25) is 5.91 Å². The molecule has 3 heterocycles. The Morgan fingerprint density at radius 3 is 1.33 bits per heavy atom. The number of amides is 1. The molecule has 0 aromatic carbocycles. The first-order valence-corrected chi connectivity index (χ1v) is 31.0. The standard InChI is InChI=1S/C62H109NO18/c1-3-5-7-9-11-13-15-17-18-19-20-21-22-23-24-25-26-28-30-32-34-36-38-40-50(68)63-45(46(67)39-37-35-33-31-29-27-16-14-12-10-8-6-4-2)44-76-60-56(74)53(71)58(48(42-65)78-60)81-62-57(75)54(72)59(49(43-66)79-62)80-61-55(73)52(70)51(69)47(41-64)77-61/h12,14-15,17,19-20,29,31,37,39,45-49,51-62,64-67,69-75H,3-11,13,16,18,21-28,30,32-36,38,40-44H2,1-2H3,(H,63,68)/b14-12+,17-15-,20-19-,31-29+,39-37+. The Kier molecular flexibility index (Phi) is 40.3. The normalized spacial score (nSPS) is 30.2. The van der Waals surface area contributed by atoms with Crippen molar-refractivity contribution in [3.05, 3.63) is 60.8 Å². The Morgan fingerprint density at radius 1 is 0.444 bits per heavy atom. The zero-order valence-electron chi connectivity index (χ0n) is 49.0. The Labute approximate surface area is 484 Å². The van der Waals surface area contributed by atoms with Crippen LogP contribution in [-0.4, -0.2) is 193 Å². The van der Waals surface area contributed by atoms with E-state index in [1.807, 2.05) is 6.08 Å². The minimum atomic E-state index is -1.98. The van der Waals surface area contributed by atoms with E-state index in [-0.39, 0.29) is 18.9 Å². The molecule has 3 saturated heterocycles. The molecule has 0 radical (unpaired) electrons. The highest BCUT2D eigenvalue weighted by Crippen LogP contribution is 2.33. The maximum atomic E-state index is 13.3. The van der Waals surface area contributed by atoms with Gasteiger partial charge in [-0.2, -0.15) is 0 Å². The Balaban J connectivity index is 1.47. The number of hydrogen-bond donors (Lipinski definition) is 12. The molecule has 3 aliphatic rings. The number of carbonyl (C=O) groups is 1. The highest BCUT2D eigenvalue weighted by atomic mass is 16.8. The van der Waals surface area contributed by atoms with Crippen LogP contribution in [0, 0.1) is 0 Å². The third-order valence-electron chi connectivity index (χ3n) is 15.3. The molecular formula is C62H109NO18. The molecule has 3 fully saturated rings. The van der Waals surface area contributed by atoms with Gasteiger partial charge in [0.1, 0.15) is 73.2 Å². The lowest BCUT2D eigenvalue weighted by Crippen LogP contribution is -2.66. The zero-order chi connectivity index (χ0) is 59.0. The van der Waals surface area contributed by atoms with Gasteiger partial charge in [0.05, 0.1) is 38.6 Å². The summed E-state index contributed by atoms with van der Waals surface area (Å²) < 4.78 is 34.2. The highest BCUT2D eigenvalue weighted by Gasteiger charge is 2.53. The van der Waals surface area contributed by atoms with Crippen molar-refractivity contribution in [3.63, 3.8) is 0 Å². The van der Waals surface area contributed by atoms with Crippen LogP contribution >= 0.6 is 0 Å². The van der Waals surface area contributed by atoms with E-state index in [1.54, 1.807) is 6.08 Å². The summed E-state index contributed by atoms with van der Waals surface area (Å²) in [6.45, 7) is 1.63. The second kappa shape index (κ2) is 44.9. The second-order valence-corrected chi connectivity index (χ2v) is 22.1. The van der Waals surface area contributed by atoms with Gasteiger partial charge in [-0.25, -0.2) is 0 Å². The van der Waals surface area contributed by atoms with Crippen LogP contribution in [0.5, 0.6) is 0 Å². The number of allylic oxidation sites excluding steroid dienone is 9. The number of rotatable bonds is 45. The van der Waals surface area contributed by atoms with Gasteiger partial charge in [0, 0.05) is 6.42 Å². The molecule has 3 aliphatic heterocycles. The van der Waals surface area contributed by atoms with Crippen LogP contribution in [0.2, 0.25) is 0 Å². The van der Waals surface area contributed by atoms with Gasteiger partial charge < -0.3 is 89.9 Å². The second-order valence-electron chi connectivity index (χ2n) is 22.1. The van der Waals surface area contributed by atoms with Crippen LogP contribution in [0.1, 0.15) is 194 Å². The van der Waals surface area contributed by atoms with Gasteiger partial charge in [-0.1, -0.05) is 171 Å². The van der Waals surface area contributed by atoms with Crippen molar-refractivity contribution in [2.24, 2.45) is 0 Å². The number of aliphatic hydroxyl groups excluding tert-OH is 11. The lowest BCUT2D eigenvalue weighted by molar-refractivity contribution is -0.379. The number of carbonyl (C=O) groups excluding carboxylic acids is 1. The molecule has 0 spiro atoms. The first kappa shape index (κ1) is 72.7. The number of hydrogen-bond acceptors (Lipinski definition) is 18. The van der Waals surface area contributed by atoms with Gasteiger partial charge in [-0.15, -0.1) is 0 Å². The van der Waals surface area contributed by atoms with Crippen LogP contribution in [0.3, 0.4) is 0 Å². The molecule has 12 N–H and O–H groups in total. The van der Waals surface area contributed by atoms with E-state index in [2.05, 4.69) is 67.8 Å². The SMILES string of the molecule is CCCCC/C=C/CC/C=C/CC/C=C/C(O)C(COC1OC(CO)C(OC2OC(CO)C(OC3OC(CO)C(O)C(O)C3O)C(O)C2O)C(O)C1O)NC(=O)CCCCCCCCCCCCC/C=C\C/C=C\CCCCCCC. The monoisotopic (exact) mass is 1160 g/mol. The Morgan fingerprint density at radius 2 is 0.827 bits per heavy atom. The molecule has 81 heavy (non-hydrogen) atoms. The largest absolute Gasteiger partial charge is 0.394 e. The number of unbranched alkanes of at least 4 members (excludes halogenated alkanes) is 21. The van der Waals surface area contributed by atoms with E-state index >= 15 is 0 Å². The molecule has 3 rings (SSSR count). The minimum absolute atomic E-state index is 0.227. The topological polar surface area (TPSA) is 307 Å². The van der Waals surface area contributed by atoms with E-state index in [9.17, 15) is 61.0 Å². The molecule has 0 aromatic heterocycles. The highest BCUT2D eigenvalue weighted by molar-refractivity contribution is 5.76. The summed E-state index contributed by atoms with van der Waals surface area (Å²) in [5, 5.41) is 120. The number of aliphatic hydroxyl groups is 11. The Bertz CT molecular complexity index is 1710. The van der Waals surface area contributed by atoms with Crippen molar-refractivity contribution in [1.29, 1.82) is 0 Å². The maximum Gasteiger partial charge on any atom is 0.220 e. The van der Waals surface area contributed by atoms with Crippen molar-refractivity contribution in [1.82, 2.24) is 5.32 Å². The predicted octanol–water partition coefficient (Wildman–Crippen LogP) is 6.04. The van der Waals surface area contributed by atoms with E-state index < -0.39 is 124 Å². The molecule has 19 heteroatoms. The molecule has 470 valence electrons. The molecule has 0 aromatic rings. The maximum absolute atomic E-state index is 13.3. The summed E-state index contributed by atoms with van der Waals surface area (Å²) >= 11 is 0. The van der Waals surface area contributed by atoms with E-state index in [0.29, 0.717) is 12.8 Å². The molecule has 0 bridgehead atoms. The van der Waals surface area contributed by atoms with E-state index in [0.717, 1.165) is 64.2 Å². The molecule has 17 atom stereocenters. The summed E-state index contributed by atoms with van der Waals surface area (Å²) in [5.74, 6) is -0.295. The third-order valence-corrected chi connectivity index (χ3v) is 15.3. The van der Waals surface area contributed by atoms with Gasteiger partial charge in [-0.3, -0.25) is 4.79 Å².